The normalized spacial score (nSPS) is 18.2. The van der Waals surface area contributed by atoms with Crippen LogP contribution in [-0.2, 0) is 12.1 Å². The van der Waals surface area contributed by atoms with Crippen molar-refractivity contribution in [1.29, 1.82) is 0 Å². The predicted molar refractivity (Wildman–Crippen MR) is 91.0 cm³/mol. The molecule has 1 aliphatic carbocycles. The van der Waals surface area contributed by atoms with Crippen LogP contribution in [-0.4, -0.2) is 16.6 Å². The van der Waals surface area contributed by atoms with Crippen molar-refractivity contribution in [3.05, 3.63) is 51.7 Å². The fraction of sp³-hybridized carbons (Fsp3) is 0.500. The molecule has 1 aliphatic rings. The van der Waals surface area contributed by atoms with E-state index in [-0.39, 0.29) is 5.82 Å². The fourth-order valence-corrected chi connectivity index (χ4v) is 4.16. The zero-order chi connectivity index (χ0) is 16.3. The van der Waals surface area contributed by atoms with E-state index >= 15 is 0 Å². The molecule has 0 saturated heterocycles. The smallest absolute Gasteiger partial charge is 0.123 e. The predicted octanol–water partition coefficient (Wildman–Crippen LogP) is 3.94. The van der Waals surface area contributed by atoms with Crippen LogP contribution in [0.4, 0.5) is 4.39 Å². The number of thiazole rings is 1. The number of hydrogen-bond donors (Lipinski definition) is 2. The lowest BCUT2D eigenvalue weighted by Gasteiger charge is -2.24. The maximum Gasteiger partial charge on any atom is 0.123 e. The van der Waals surface area contributed by atoms with Crippen molar-refractivity contribution < 1.29 is 9.50 Å². The third-order valence-electron chi connectivity index (χ3n) is 4.51. The van der Waals surface area contributed by atoms with Crippen LogP contribution in [0.25, 0.3) is 0 Å². The highest BCUT2D eigenvalue weighted by Crippen LogP contribution is 2.36. The van der Waals surface area contributed by atoms with Crippen molar-refractivity contribution in [1.82, 2.24) is 10.3 Å². The lowest BCUT2D eigenvalue weighted by Crippen LogP contribution is -2.35. The first-order chi connectivity index (χ1) is 11.0. The number of benzene rings is 1. The Balaban J connectivity index is 1.53. The second-order valence-electron chi connectivity index (χ2n) is 6.53. The molecule has 0 radical (unpaired) electrons. The van der Waals surface area contributed by atoms with Gasteiger partial charge in [0.1, 0.15) is 5.82 Å². The Labute approximate surface area is 140 Å². The van der Waals surface area contributed by atoms with Gasteiger partial charge in [-0.15, -0.1) is 11.3 Å². The minimum Gasteiger partial charge on any atom is -0.384 e. The Hall–Kier alpha value is -1.30. The van der Waals surface area contributed by atoms with Crippen molar-refractivity contribution in [2.24, 2.45) is 0 Å². The van der Waals surface area contributed by atoms with Gasteiger partial charge in [-0.25, -0.2) is 9.37 Å². The van der Waals surface area contributed by atoms with E-state index in [1.807, 2.05) is 6.20 Å². The maximum atomic E-state index is 13.0. The first kappa shape index (κ1) is 16.6. The van der Waals surface area contributed by atoms with E-state index in [1.54, 1.807) is 30.4 Å². The van der Waals surface area contributed by atoms with Gasteiger partial charge in [0, 0.05) is 30.1 Å². The minimum atomic E-state index is -1.02. The van der Waals surface area contributed by atoms with Crippen molar-refractivity contribution >= 4 is 11.3 Å². The number of nitrogens with one attached hydrogen (secondary N) is 1. The average Bonchev–Trinajstić information content (AvgIpc) is 3.18. The van der Waals surface area contributed by atoms with Gasteiger partial charge in [-0.1, -0.05) is 25.0 Å². The quantitative estimate of drug-likeness (QED) is 0.841. The summed E-state index contributed by atoms with van der Waals surface area (Å²) in [6.07, 6.45) is 7.11. The summed E-state index contributed by atoms with van der Waals surface area (Å²) in [4.78, 5) is 5.75. The number of rotatable bonds is 6. The van der Waals surface area contributed by atoms with E-state index in [1.165, 1.54) is 47.7 Å². The van der Waals surface area contributed by atoms with Gasteiger partial charge in [0.15, 0.2) is 0 Å². The highest BCUT2D eigenvalue weighted by molar-refractivity contribution is 7.11. The molecule has 124 valence electrons. The highest BCUT2D eigenvalue weighted by Gasteiger charge is 2.23. The van der Waals surface area contributed by atoms with Gasteiger partial charge in [0.05, 0.1) is 10.6 Å². The minimum absolute atomic E-state index is 0.290. The zero-order valence-corrected chi connectivity index (χ0v) is 14.2. The van der Waals surface area contributed by atoms with Gasteiger partial charge in [0.25, 0.3) is 0 Å². The van der Waals surface area contributed by atoms with Crippen LogP contribution in [0.5, 0.6) is 0 Å². The van der Waals surface area contributed by atoms with Crippen LogP contribution in [0.3, 0.4) is 0 Å². The molecule has 1 atom stereocenters. The molecule has 0 aliphatic heterocycles. The summed E-state index contributed by atoms with van der Waals surface area (Å²) in [6, 6.07) is 6.01. The third-order valence-corrected chi connectivity index (χ3v) is 5.67. The number of aliphatic hydroxyl groups is 1. The van der Waals surface area contributed by atoms with Gasteiger partial charge in [0.2, 0.25) is 0 Å². The third kappa shape index (κ3) is 4.16. The van der Waals surface area contributed by atoms with Crippen LogP contribution in [0.1, 0.15) is 54.0 Å². The molecule has 1 unspecified atom stereocenters. The summed E-state index contributed by atoms with van der Waals surface area (Å²) >= 11 is 1.77. The van der Waals surface area contributed by atoms with Crippen LogP contribution < -0.4 is 5.32 Å². The summed E-state index contributed by atoms with van der Waals surface area (Å²) in [7, 11) is 0. The first-order valence-corrected chi connectivity index (χ1v) is 9.00. The molecule has 23 heavy (non-hydrogen) atoms. The van der Waals surface area contributed by atoms with Crippen molar-refractivity contribution in [2.75, 3.05) is 6.54 Å². The topological polar surface area (TPSA) is 45.1 Å². The number of halogens is 1. The molecule has 0 amide bonds. The van der Waals surface area contributed by atoms with Gasteiger partial charge in [-0.05, 0) is 37.5 Å². The Bertz CT molecular complexity index is 633. The largest absolute Gasteiger partial charge is 0.384 e. The second-order valence-corrected chi connectivity index (χ2v) is 7.68. The molecule has 2 aromatic rings. The first-order valence-electron chi connectivity index (χ1n) is 8.18. The van der Waals surface area contributed by atoms with E-state index in [0.717, 1.165) is 0 Å². The summed E-state index contributed by atoms with van der Waals surface area (Å²) in [5.41, 5.74) is -0.311. The molecular formula is C18H23FN2OS. The van der Waals surface area contributed by atoms with Gasteiger partial charge < -0.3 is 10.4 Å². The zero-order valence-electron chi connectivity index (χ0n) is 13.4. The molecule has 3 rings (SSSR count). The molecule has 1 fully saturated rings. The molecule has 5 heteroatoms. The number of aromatic nitrogens is 1. The van der Waals surface area contributed by atoms with E-state index < -0.39 is 5.60 Å². The molecule has 3 nitrogen and oxygen atoms in total. The van der Waals surface area contributed by atoms with E-state index in [0.29, 0.717) is 24.6 Å². The van der Waals surface area contributed by atoms with Gasteiger partial charge in [-0.3, -0.25) is 0 Å². The summed E-state index contributed by atoms with van der Waals surface area (Å²) in [6.45, 7) is 2.85. The molecule has 1 heterocycles. The van der Waals surface area contributed by atoms with Gasteiger partial charge >= 0.3 is 0 Å². The number of hydrogen-bond acceptors (Lipinski definition) is 4. The molecule has 0 bridgehead atoms. The highest BCUT2D eigenvalue weighted by atomic mass is 32.1. The molecule has 1 aromatic heterocycles. The standard InChI is InChI=1S/C18H23FN2OS/c1-18(22,14-6-8-15(19)9-7-14)12-20-10-16-11-21-17(23-16)13-4-2-3-5-13/h6-9,11,13,20,22H,2-5,10,12H2,1H3. The molecular weight excluding hydrogens is 311 g/mol. The molecule has 0 spiro atoms. The SMILES string of the molecule is CC(O)(CNCc1cnc(C2CCCC2)s1)c1ccc(F)cc1. The van der Waals surface area contributed by atoms with Crippen molar-refractivity contribution in [3.63, 3.8) is 0 Å². The van der Waals surface area contributed by atoms with E-state index in [4.69, 9.17) is 0 Å². The van der Waals surface area contributed by atoms with Crippen LogP contribution in [0, 0.1) is 5.82 Å². The summed E-state index contributed by atoms with van der Waals surface area (Å²) in [5, 5.41) is 15.1. The Morgan fingerprint density at radius 1 is 1.30 bits per heavy atom. The van der Waals surface area contributed by atoms with Crippen LogP contribution in [0.15, 0.2) is 30.5 Å². The van der Waals surface area contributed by atoms with E-state index in [2.05, 4.69) is 10.3 Å². The Kier molecular flexibility index (Phi) is 5.09. The van der Waals surface area contributed by atoms with Crippen molar-refractivity contribution in [3.8, 4) is 0 Å². The van der Waals surface area contributed by atoms with E-state index in [9.17, 15) is 9.50 Å². The fourth-order valence-electron chi connectivity index (χ4n) is 3.11. The lowest BCUT2D eigenvalue weighted by molar-refractivity contribution is 0.0567. The Morgan fingerprint density at radius 3 is 2.70 bits per heavy atom. The monoisotopic (exact) mass is 334 g/mol. The molecule has 1 aromatic carbocycles. The Morgan fingerprint density at radius 2 is 2.00 bits per heavy atom. The summed E-state index contributed by atoms with van der Waals surface area (Å²) < 4.78 is 13.0. The molecule has 1 saturated carbocycles. The maximum absolute atomic E-state index is 13.0. The second kappa shape index (κ2) is 7.07. The lowest BCUT2D eigenvalue weighted by atomic mass is 9.96. The van der Waals surface area contributed by atoms with Crippen LogP contribution >= 0.6 is 11.3 Å². The number of nitrogens with zero attached hydrogens (tertiary/aromatic N) is 1. The summed E-state index contributed by atoms with van der Waals surface area (Å²) in [5.74, 6) is 0.359. The molecule has 2 N–H and O–H groups in total. The van der Waals surface area contributed by atoms with Crippen molar-refractivity contribution in [2.45, 2.75) is 50.7 Å². The van der Waals surface area contributed by atoms with Crippen LogP contribution in [0.2, 0.25) is 0 Å². The van der Waals surface area contributed by atoms with Gasteiger partial charge in [-0.2, -0.15) is 0 Å². The average molecular weight is 334 g/mol.